The van der Waals surface area contributed by atoms with E-state index in [1.165, 1.54) is 31.2 Å². The molecule has 2 aliphatic rings. The van der Waals surface area contributed by atoms with E-state index in [1.807, 2.05) is 12.1 Å². The van der Waals surface area contributed by atoms with Crippen molar-refractivity contribution >= 4 is 5.69 Å². The molecule has 2 aliphatic heterocycles. The molecule has 2 fully saturated rings. The molecule has 2 bridgehead atoms. The third kappa shape index (κ3) is 3.67. The van der Waals surface area contributed by atoms with Crippen molar-refractivity contribution in [3.8, 4) is 0 Å². The Kier molecular flexibility index (Phi) is 5.43. The highest BCUT2D eigenvalue weighted by molar-refractivity contribution is 5.40. The summed E-state index contributed by atoms with van der Waals surface area (Å²) in [5.74, 6) is 2.61. The zero-order valence-electron chi connectivity index (χ0n) is 17.4. The number of hydrogen-bond donors (Lipinski definition) is 2. The van der Waals surface area contributed by atoms with E-state index in [2.05, 4.69) is 52.6 Å². The minimum atomic E-state index is 0.0744. The van der Waals surface area contributed by atoms with Crippen LogP contribution < -0.4 is 11.5 Å². The second kappa shape index (κ2) is 7.84. The Balaban J connectivity index is 1.41. The van der Waals surface area contributed by atoms with Gasteiger partial charge in [0.15, 0.2) is 0 Å². The van der Waals surface area contributed by atoms with Crippen LogP contribution in [0.15, 0.2) is 24.3 Å². The Morgan fingerprint density at radius 3 is 2.29 bits per heavy atom. The maximum Gasteiger partial charge on any atom is 0.135 e. The molecule has 3 heterocycles. The van der Waals surface area contributed by atoms with Gasteiger partial charge in [0.1, 0.15) is 11.6 Å². The summed E-state index contributed by atoms with van der Waals surface area (Å²) in [7, 11) is 0. The van der Waals surface area contributed by atoms with Crippen molar-refractivity contribution in [2.75, 3.05) is 12.3 Å². The van der Waals surface area contributed by atoms with Crippen LogP contribution in [0.2, 0.25) is 0 Å². The number of aromatic nitrogens is 3. The molecule has 2 aromatic rings. The lowest BCUT2D eigenvalue weighted by molar-refractivity contribution is 0.101. The largest absolute Gasteiger partial charge is 0.399 e. The molecule has 0 saturated carbocycles. The first kappa shape index (κ1) is 19.4. The number of nitrogens with two attached hydrogens (primary N) is 2. The highest BCUT2D eigenvalue weighted by Gasteiger charge is 2.42. The lowest BCUT2D eigenvalue weighted by Gasteiger charge is -2.40. The first-order valence-electron chi connectivity index (χ1n) is 10.7. The van der Waals surface area contributed by atoms with Gasteiger partial charge in [-0.1, -0.05) is 26.0 Å². The van der Waals surface area contributed by atoms with Crippen LogP contribution in [0.5, 0.6) is 0 Å². The molecule has 4 rings (SSSR count). The molecule has 6 heteroatoms. The van der Waals surface area contributed by atoms with Gasteiger partial charge in [0.05, 0.1) is 0 Å². The normalized spacial score (nSPS) is 26.1. The molecule has 0 radical (unpaired) electrons. The number of hydrogen-bond acceptors (Lipinski definition) is 5. The van der Waals surface area contributed by atoms with Crippen molar-refractivity contribution in [2.24, 2.45) is 5.73 Å². The number of rotatable bonds is 6. The third-order valence-electron chi connectivity index (χ3n) is 6.70. The van der Waals surface area contributed by atoms with Gasteiger partial charge in [-0.3, -0.25) is 4.90 Å². The summed E-state index contributed by atoms with van der Waals surface area (Å²) < 4.78 is 2.42. The van der Waals surface area contributed by atoms with Crippen LogP contribution in [-0.4, -0.2) is 38.3 Å². The van der Waals surface area contributed by atoms with Gasteiger partial charge in [0.2, 0.25) is 0 Å². The van der Waals surface area contributed by atoms with Gasteiger partial charge in [0.25, 0.3) is 0 Å². The molecule has 152 valence electrons. The van der Waals surface area contributed by atoms with Crippen LogP contribution >= 0.6 is 0 Å². The van der Waals surface area contributed by atoms with E-state index in [9.17, 15) is 0 Å². The summed E-state index contributed by atoms with van der Waals surface area (Å²) in [6, 6.07) is 9.92. The molecule has 6 nitrogen and oxygen atoms in total. The molecule has 0 aliphatic carbocycles. The van der Waals surface area contributed by atoms with E-state index in [0.717, 1.165) is 30.3 Å². The van der Waals surface area contributed by atoms with Crippen LogP contribution in [0, 0.1) is 6.92 Å². The molecular formula is C22H34N6. The van der Waals surface area contributed by atoms with E-state index in [4.69, 9.17) is 11.5 Å². The van der Waals surface area contributed by atoms with Gasteiger partial charge >= 0.3 is 0 Å². The monoisotopic (exact) mass is 382 g/mol. The number of aryl methyl sites for hydroxylation is 1. The van der Waals surface area contributed by atoms with Crippen LogP contribution in [0.25, 0.3) is 0 Å². The predicted molar refractivity (Wildman–Crippen MR) is 113 cm³/mol. The van der Waals surface area contributed by atoms with Crippen molar-refractivity contribution in [3.05, 3.63) is 41.5 Å². The molecular weight excluding hydrogens is 348 g/mol. The minimum Gasteiger partial charge on any atom is -0.399 e. The van der Waals surface area contributed by atoms with Gasteiger partial charge in [-0.25, -0.2) is 0 Å². The number of nitrogens with zero attached hydrogens (tertiary/aromatic N) is 4. The van der Waals surface area contributed by atoms with Gasteiger partial charge in [-0.05, 0) is 56.7 Å². The average molecular weight is 383 g/mol. The molecule has 3 atom stereocenters. The molecule has 28 heavy (non-hydrogen) atoms. The highest BCUT2D eigenvalue weighted by Crippen LogP contribution is 2.42. The molecule has 3 unspecified atom stereocenters. The Morgan fingerprint density at radius 1 is 1.04 bits per heavy atom. The second-order valence-corrected chi connectivity index (χ2v) is 8.94. The van der Waals surface area contributed by atoms with Crippen LogP contribution in [0.1, 0.15) is 81.2 Å². The Labute approximate surface area is 168 Å². The molecule has 2 saturated heterocycles. The topological polar surface area (TPSA) is 86.0 Å². The Morgan fingerprint density at radius 2 is 1.68 bits per heavy atom. The fourth-order valence-electron chi connectivity index (χ4n) is 5.25. The molecule has 0 spiro atoms. The standard InChI is InChI=1S/C22H34N6/c1-14(2)22-26-25-15(3)28(22)20-12-18-8-9-19(13-20)27(18)11-10-21(24)16-4-6-17(23)7-5-16/h4-7,14,18-21H,8-13,23-24H2,1-3H3. The summed E-state index contributed by atoms with van der Waals surface area (Å²) in [6.07, 6.45) is 6.00. The lowest BCUT2D eigenvalue weighted by Crippen LogP contribution is -2.44. The van der Waals surface area contributed by atoms with E-state index in [0.29, 0.717) is 24.0 Å². The maximum atomic E-state index is 6.46. The summed E-state index contributed by atoms with van der Waals surface area (Å²) in [6.45, 7) is 7.59. The van der Waals surface area contributed by atoms with Gasteiger partial charge in [-0.15, -0.1) is 10.2 Å². The molecule has 0 amide bonds. The van der Waals surface area contributed by atoms with Crippen LogP contribution in [-0.2, 0) is 0 Å². The van der Waals surface area contributed by atoms with Crippen molar-refractivity contribution in [2.45, 2.75) is 83.0 Å². The number of nitrogen functional groups attached to an aromatic ring is 1. The van der Waals surface area contributed by atoms with Crippen molar-refractivity contribution in [1.82, 2.24) is 19.7 Å². The van der Waals surface area contributed by atoms with Gasteiger partial charge < -0.3 is 16.0 Å². The summed E-state index contributed by atoms with van der Waals surface area (Å²) in [4.78, 5) is 2.72. The molecule has 4 N–H and O–H groups in total. The maximum absolute atomic E-state index is 6.46. The van der Waals surface area contributed by atoms with Gasteiger partial charge in [0, 0.05) is 42.3 Å². The van der Waals surface area contributed by atoms with Crippen molar-refractivity contribution in [1.29, 1.82) is 0 Å². The summed E-state index contributed by atoms with van der Waals surface area (Å²) in [5.41, 5.74) is 14.2. The van der Waals surface area contributed by atoms with E-state index in [-0.39, 0.29) is 6.04 Å². The third-order valence-corrected chi connectivity index (χ3v) is 6.70. The Hall–Kier alpha value is -1.92. The lowest BCUT2D eigenvalue weighted by atomic mass is 9.95. The number of fused-ring (bicyclic) bond motifs is 2. The number of benzene rings is 1. The number of piperidine rings is 1. The zero-order chi connectivity index (χ0) is 19.8. The first-order valence-corrected chi connectivity index (χ1v) is 10.7. The van der Waals surface area contributed by atoms with Crippen molar-refractivity contribution in [3.63, 3.8) is 0 Å². The molecule has 1 aromatic carbocycles. The molecule has 1 aromatic heterocycles. The van der Waals surface area contributed by atoms with E-state index < -0.39 is 0 Å². The fourth-order valence-corrected chi connectivity index (χ4v) is 5.25. The summed E-state index contributed by atoms with van der Waals surface area (Å²) >= 11 is 0. The smallest absolute Gasteiger partial charge is 0.135 e. The van der Waals surface area contributed by atoms with Gasteiger partial charge in [-0.2, -0.15) is 0 Å². The quantitative estimate of drug-likeness (QED) is 0.746. The SMILES string of the molecule is Cc1nnc(C(C)C)n1C1CC2CCC(C1)N2CCC(N)c1ccc(N)cc1. The van der Waals surface area contributed by atoms with Crippen molar-refractivity contribution < 1.29 is 0 Å². The predicted octanol–water partition coefficient (Wildman–Crippen LogP) is 3.55. The highest BCUT2D eigenvalue weighted by atomic mass is 15.3. The zero-order valence-corrected chi connectivity index (χ0v) is 17.4. The van der Waals surface area contributed by atoms with E-state index in [1.54, 1.807) is 0 Å². The first-order chi connectivity index (χ1) is 13.4. The van der Waals surface area contributed by atoms with Crippen LogP contribution in [0.3, 0.4) is 0 Å². The van der Waals surface area contributed by atoms with E-state index >= 15 is 0 Å². The summed E-state index contributed by atoms with van der Waals surface area (Å²) in [5, 5.41) is 8.83. The minimum absolute atomic E-state index is 0.0744. The Bertz CT molecular complexity index is 782. The second-order valence-electron chi connectivity index (χ2n) is 8.94. The fraction of sp³-hybridized carbons (Fsp3) is 0.636. The average Bonchev–Trinajstić information content (AvgIpc) is 3.16. The number of anilines is 1. The van der Waals surface area contributed by atoms with Crippen LogP contribution in [0.4, 0.5) is 5.69 Å².